The van der Waals surface area contributed by atoms with Gasteiger partial charge in [-0.1, -0.05) is 32.4 Å². The quantitative estimate of drug-likeness (QED) is 0.365. The lowest BCUT2D eigenvalue weighted by atomic mass is 10.0. The lowest BCUT2D eigenvalue weighted by Gasteiger charge is -2.22. The average molecular weight is 441 g/mol. The Hall–Kier alpha value is -2.89. The van der Waals surface area contributed by atoms with Gasteiger partial charge in [0.25, 0.3) is 5.91 Å². The molecule has 0 N–H and O–H groups in total. The molecule has 0 saturated carbocycles. The van der Waals surface area contributed by atoms with E-state index >= 15 is 0 Å². The minimum absolute atomic E-state index is 0.0275. The SMILES string of the molecule is CCCCc1ccc(C(=O)N(CCC)CC(=O)c2c(C)c(C(=O)OC)n(CC)c2C)cc1. The Morgan fingerprint density at radius 1 is 1.00 bits per heavy atom. The van der Waals surface area contributed by atoms with Crippen LogP contribution in [0.25, 0.3) is 0 Å². The highest BCUT2D eigenvalue weighted by Gasteiger charge is 2.28. The topological polar surface area (TPSA) is 68.6 Å². The average Bonchev–Trinajstić information content (AvgIpc) is 3.05. The molecule has 6 nitrogen and oxygen atoms in total. The second-order valence-corrected chi connectivity index (χ2v) is 8.12. The third-order valence-corrected chi connectivity index (χ3v) is 5.88. The van der Waals surface area contributed by atoms with Crippen molar-refractivity contribution in [2.75, 3.05) is 20.2 Å². The number of carbonyl (C=O) groups is 3. The maximum atomic E-state index is 13.3. The van der Waals surface area contributed by atoms with Crippen LogP contribution in [0.15, 0.2) is 24.3 Å². The molecular formula is C26H36N2O4. The molecule has 0 aliphatic carbocycles. The van der Waals surface area contributed by atoms with Crippen LogP contribution in [0.2, 0.25) is 0 Å². The van der Waals surface area contributed by atoms with Crippen molar-refractivity contribution in [3.63, 3.8) is 0 Å². The summed E-state index contributed by atoms with van der Waals surface area (Å²) in [4.78, 5) is 40.4. The van der Waals surface area contributed by atoms with Crippen molar-refractivity contribution >= 4 is 17.7 Å². The normalized spacial score (nSPS) is 10.8. The lowest BCUT2D eigenvalue weighted by Crippen LogP contribution is -2.36. The molecule has 32 heavy (non-hydrogen) atoms. The summed E-state index contributed by atoms with van der Waals surface area (Å²) in [5.74, 6) is -0.782. The highest BCUT2D eigenvalue weighted by molar-refractivity contribution is 6.06. The molecule has 1 aromatic carbocycles. The van der Waals surface area contributed by atoms with Crippen LogP contribution in [0.5, 0.6) is 0 Å². The summed E-state index contributed by atoms with van der Waals surface area (Å²) in [6.45, 7) is 10.7. The Morgan fingerprint density at radius 3 is 2.19 bits per heavy atom. The van der Waals surface area contributed by atoms with Crippen molar-refractivity contribution < 1.29 is 19.1 Å². The Morgan fingerprint density at radius 2 is 1.66 bits per heavy atom. The molecule has 0 saturated heterocycles. The minimum Gasteiger partial charge on any atom is -0.464 e. The van der Waals surface area contributed by atoms with Crippen LogP contribution < -0.4 is 0 Å². The first-order valence-corrected chi connectivity index (χ1v) is 11.5. The van der Waals surface area contributed by atoms with Gasteiger partial charge in [-0.15, -0.1) is 0 Å². The molecule has 6 heteroatoms. The van der Waals surface area contributed by atoms with E-state index in [1.807, 2.05) is 45.0 Å². The number of esters is 1. The maximum absolute atomic E-state index is 13.3. The van der Waals surface area contributed by atoms with Crippen LogP contribution in [0.1, 0.15) is 88.1 Å². The zero-order chi connectivity index (χ0) is 23.8. The molecule has 0 fully saturated rings. The van der Waals surface area contributed by atoms with Crippen LogP contribution in [-0.4, -0.2) is 47.3 Å². The van der Waals surface area contributed by atoms with E-state index in [0.29, 0.717) is 35.5 Å². The summed E-state index contributed by atoms with van der Waals surface area (Å²) < 4.78 is 6.72. The number of ether oxygens (including phenoxy) is 1. The highest BCUT2D eigenvalue weighted by atomic mass is 16.5. The van der Waals surface area contributed by atoms with E-state index in [-0.39, 0.29) is 18.2 Å². The van der Waals surface area contributed by atoms with E-state index in [4.69, 9.17) is 4.74 Å². The molecule has 2 aromatic rings. The van der Waals surface area contributed by atoms with Gasteiger partial charge in [0.2, 0.25) is 0 Å². The van der Waals surface area contributed by atoms with E-state index in [2.05, 4.69) is 6.92 Å². The van der Waals surface area contributed by atoms with Gasteiger partial charge in [-0.2, -0.15) is 0 Å². The van der Waals surface area contributed by atoms with Gasteiger partial charge in [0.15, 0.2) is 5.78 Å². The van der Waals surface area contributed by atoms with Gasteiger partial charge in [0, 0.05) is 29.9 Å². The summed E-state index contributed by atoms with van der Waals surface area (Å²) in [6, 6.07) is 7.68. The first-order valence-electron chi connectivity index (χ1n) is 11.5. The van der Waals surface area contributed by atoms with Gasteiger partial charge in [0.1, 0.15) is 5.69 Å². The van der Waals surface area contributed by atoms with Gasteiger partial charge in [0.05, 0.1) is 13.7 Å². The zero-order valence-corrected chi connectivity index (χ0v) is 20.3. The molecule has 174 valence electrons. The third-order valence-electron chi connectivity index (χ3n) is 5.88. The van der Waals surface area contributed by atoms with E-state index in [0.717, 1.165) is 31.4 Å². The molecule has 0 atom stereocenters. The first-order chi connectivity index (χ1) is 15.3. The number of hydrogen-bond acceptors (Lipinski definition) is 4. The summed E-state index contributed by atoms with van der Waals surface area (Å²) in [7, 11) is 1.33. The van der Waals surface area contributed by atoms with Crippen molar-refractivity contribution in [3.8, 4) is 0 Å². The summed E-state index contributed by atoms with van der Waals surface area (Å²) in [5.41, 5.74) is 4.01. The van der Waals surface area contributed by atoms with Crippen LogP contribution >= 0.6 is 0 Å². The second-order valence-electron chi connectivity index (χ2n) is 8.12. The summed E-state index contributed by atoms with van der Waals surface area (Å²) in [5, 5.41) is 0. The van der Waals surface area contributed by atoms with E-state index in [9.17, 15) is 14.4 Å². The van der Waals surface area contributed by atoms with Crippen molar-refractivity contribution in [2.45, 2.75) is 66.8 Å². The molecule has 0 spiro atoms. The van der Waals surface area contributed by atoms with Crippen LogP contribution in [-0.2, 0) is 17.7 Å². The zero-order valence-electron chi connectivity index (χ0n) is 20.3. The fourth-order valence-electron chi connectivity index (χ4n) is 4.21. The van der Waals surface area contributed by atoms with Crippen molar-refractivity contribution in [3.05, 3.63) is 57.9 Å². The van der Waals surface area contributed by atoms with Crippen molar-refractivity contribution in [1.82, 2.24) is 9.47 Å². The lowest BCUT2D eigenvalue weighted by molar-refractivity contribution is 0.0587. The number of carbonyl (C=O) groups excluding carboxylic acids is 3. The van der Waals surface area contributed by atoms with Crippen LogP contribution in [0, 0.1) is 13.8 Å². The number of amides is 1. The monoisotopic (exact) mass is 440 g/mol. The van der Waals surface area contributed by atoms with Gasteiger partial charge < -0.3 is 14.2 Å². The van der Waals surface area contributed by atoms with E-state index in [1.165, 1.54) is 12.7 Å². The van der Waals surface area contributed by atoms with E-state index in [1.54, 1.807) is 16.4 Å². The molecule has 1 heterocycles. The van der Waals surface area contributed by atoms with Gasteiger partial charge in [-0.25, -0.2) is 4.79 Å². The number of ketones is 1. The Balaban J connectivity index is 2.30. The third kappa shape index (κ3) is 5.47. The fraction of sp³-hybridized carbons (Fsp3) is 0.500. The molecule has 2 rings (SSSR count). The number of benzene rings is 1. The fourth-order valence-corrected chi connectivity index (χ4v) is 4.21. The number of nitrogens with zero attached hydrogens (tertiary/aromatic N) is 2. The number of rotatable bonds is 11. The number of methoxy groups -OCH3 is 1. The van der Waals surface area contributed by atoms with Crippen LogP contribution in [0.3, 0.4) is 0 Å². The molecule has 0 unspecified atom stereocenters. The number of aromatic nitrogens is 1. The largest absolute Gasteiger partial charge is 0.464 e. The van der Waals surface area contributed by atoms with Gasteiger partial charge in [-0.3, -0.25) is 9.59 Å². The molecule has 0 aliphatic rings. The number of aryl methyl sites for hydroxylation is 1. The molecule has 0 bridgehead atoms. The smallest absolute Gasteiger partial charge is 0.354 e. The summed E-state index contributed by atoms with van der Waals surface area (Å²) >= 11 is 0. The number of hydrogen-bond donors (Lipinski definition) is 0. The second kappa shape index (κ2) is 11.7. The van der Waals surface area contributed by atoms with Crippen LogP contribution in [0.4, 0.5) is 0 Å². The standard InChI is InChI=1S/C26H36N2O4/c1-7-10-11-20-12-14-21(15-13-20)25(30)27(16-8-2)17-22(29)23-18(4)24(26(31)32-6)28(9-3)19(23)5/h12-15H,7-11,16-17H2,1-6H3. The van der Waals surface area contributed by atoms with Crippen molar-refractivity contribution in [2.24, 2.45) is 0 Å². The minimum atomic E-state index is -0.462. The molecule has 0 radical (unpaired) electrons. The number of Topliss-reactive ketones (excluding diaryl/α,β-unsaturated/α-hetero) is 1. The number of unbranched alkanes of at least 4 members (excludes halogenated alkanes) is 1. The molecular weight excluding hydrogens is 404 g/mol. The molecule has 0 aliphatic heterocycles. The van der Waals surface area contributed by atoms with E-state index < -0.39 is 5.97 Å². The van der Waals surface area contributed by atoms with Crippen molar-refractivity contribution in [1.29, 1.82) is 0 Å². The predicted molar refractivity (Wildman–Crippen MR) is 126 cm³/mol. The molecule has 1 amide bonds. The summed E-state index contributed by atoms with van der Waals surface area (Å²) in [6.07, 6.45) is 3.99. The first kappa shape index (κ1) is 25.4. The highest BCUT2D eigenvalue weighted by Crippen LogP contribution is 2.24. The Labute approximate surface area is 191 Å². The molecule has 1 aromatic heterocycles. The van der Waals surface area contributed by atoms with Gasteiger partial charge >= 0.3 is 5.97 Å². The maximum Gasteiger partial charge on any atom is 0.354 e. The van der Waals surface area contributed by atoms with Gasteiger partial charge in [-0.05, 0) is 63.3 Å². The Kier molecular flexibility index (Phi) is 9.24. The Bertz CT molecular complexity index is 957. The predicted octanol–water partition coefficient (Wildman–Crippen LogP) is 4.99.